The maximum atomic E-state index is 13.1. The Kier molecular flexibility index (Phi) is 4.03. The molecule has 96 valence electrons. The molecule has 0 atom stereocenters. The molecule has 0 saturated carbocycles. The predicted octanol–water partition coefficient (Wildman–Crippen LogP) is 4.27. The zero-order chi connectivity index (χ0) is 13.8. The molecule has 0 spiro atoms. The van der Waals surface area contributed by atoms with Gasteiger partial charge >= 0.3 is 0 Å². The second kappa shape index (κ2) is 5.73. The molecule has 2 rings (SSSR count). The lowest BCUT2D eigenvalue weighted by Gasteiger charge is -2.09. The molecule has 0 bridgehead atoms. The molecule has 2 aromatic rings. The van der Waals surface area contributed by atoms with Gasteiger partial charge in [0.05, 0.1) is 11.6 Å². The maximum absolute atomic E-state index is 13.1. The topological polar surface area (TPSA) is 35.8 Å². The first-order chi connectivity index (χ1) is 9.10. The van der Waals surface area contributed by atoms with Crippen LogP contribution in [0.5, 0.6) is 0 Å². The quantitative estimate of drug-likeness (QED) is 0.907. The second-order valence-electron chi connectivity index (χ2n) is 4.24. The highest BCUT2D eigenvalue weighted by atomic mass is 35.5. The summed E-state index contributed by atoms with van der Waals surface area (Å²) in [7, 11) is 0. The molecule has 2 nitrogen and oxygen atoms in total. The van der Waals surface area contributed by atoms with Crippen LogP contribution < -0.4 is 5.32 Å². The van der Waals surface area contributed by atoms with Crippen LogP contribution in [0, 0.1) is 24.1 Å². The van der Waals surface area contributed by atoms with Crippen molar-refractivity contribution in [1.29, 1.82) is 5.26 Å². The molecule has 0 radical (unpaired) electrons. The van der Waals surface area contributed by atoms with Crippen LogP contribution in [0.1, 0.15) is 16.7 Å². The summed E-state index contributed by atoms with van der Waals surface area (Å²) in [5.41, 5.74) is 2.85. The van der Waals surface area contributed by atoms with Gasteiger partial charge in [0.1, 0.15) is 5.82 Å². The Labute approximate surface area is 116 Å². The van der Waals surface area contributed by atoms with Gasteiger partial charge in [-0.05, 0) is 48.4 Å². The highest BCUT2D eigenvalue weighted by Crippen LogP contribution is 2.20. The minimum Gasteiger partial charge on any atom is -0.381 e. The third-order valence-corrected chi connectivity index (χ3v) is 3.17. The summed E-state index contributed by atoms with van der Waals surface area (Å²) in [5, 5.41) is 12.5. The van der Waals surface area contributed by atoms with Crippen LogP contribution in [0.3, 0.4) is 0 Å². The lowest BCUT2D eigenvalue weighted by molar-refractivity contribution is 0.618. The molecule has 0 heterocycles. The Bertz CT molecular complexity index is 647. The summed E-state index contributed by atoms with van der Waals surface area (Å²) < 4.78 is 13.1. The molecule has 2 aromatic carbocycles. The summed E-state index contributed by atoms with van der Waals surface area (Å²) in [5.74, 6) is -0.220. The van der Waals surface area contributed by atoms with Crippen molar-refractivity contribution in [2.24, 2.45) is 0 Å². The van der Waals surface area contributed by atoms with E-state index in [-0.39, 0.29) is 5.82 Å². The number of nitrogens with one attached hydrogen (secondary N) is 1. The van der Waals surface area contributed by atoms with Crippen molar-refractivity contribution in [2.45, 2.75) is 13.5 Å². The molecule has 0 amide bonds. The number of anilines is 1. The Morgan fingerprint density at radius 3 is 2.68 bits per heavy atom. The van der Waals surface area contributed by atoms with Crippen molar-refractivity contribution < 1.29 is 4.39 Å². The van der Waals surface area contributed by atoms with E-state index in [9.17, 15) is 4.39 Å². The highest BCUT2D eigenvalue weighted by molar-refractivity contribution is 6.31. The first-order valence-corrected chi connectivity index (χ1v) is 6.16. The van der Waals surface area contributed by atoms with Crippen LogP contribution >= 0.6 is 11.6 Å². The first-order valence-electron chi connectivity index (χ1n) is 5.78. The molecule has 0 aliphatic carbocycles. The molecular weight excluding hydrogens is 263 g/mol. The van der Waals surface area contributed by atoms with Gasteiger partial charge in [-0.15, -0.1) is 0 Å². The standard InChI is InChI=1S/C15H12ClFN2/c1-10-6-13(4-5-15(10)17)19-9-12-3-2-11(8-18)7-14(12)16/h2-7,19H,9H2,1H3. The minimum absolute atomic E-state index is 0.220. The van der Waals surface area contributed by atoms with Gasteiger partial charge in [-0.1, -0.05) is 17.7 Å². The largest absolute Gasteiger partial charge is 0.381 e. The molecule has 0 aliphatic rings. The van der Waals surface area contributed by atoms with Gasteiger partial charge in [0, 0.05) is 17.3 Å². The molecule has 0 fully saturated rings. The molecule has 0 unspecified atom stereocenters. The van der Waals surface area contributed by atoms with Gasteiger partial charge in [-0.2, -0.15) is 5.26 Å². The summed E-state index contributed by atoms with van der Waals surface area (Å²) in [4.78, 5) is 0. The zero-order valence-corrected chi connectivity index (χ0v) is 11.1. The van der Waals surface area contributed by atoms with Crippen molar-refractivity contribution in [3.63, 3.8) is 0 Å². The number of hydrogen-bond donors (Lipinski definition) is 1. The van der Waals surface area contributed by atoms with E-state index in [1.165, 1.54) is 6.07 Å². The fourth-order valence-corrected chi connectivity index (χ4v) is 1.96. The number of rotatable bonds is 3. The van der Waals surface area contributed by atoms with E-state index in [1.54, 1.807) is 31.2 Å². The van der Waals surface area contributed by atoms with E-state index in [0.717, 1.165) is 11.3 Å². The molecule has 0 saturated heterocycles. The number of aryl methyl sites for hydroxylation is 1. The molecule has 0 aliphatic heterocycles. The van der Waals surface area contributed by atoms with E-state index in [0.29, 0.717) is 22.7 Å². The molecule has 0 aromatic heterocycles. The van der Waals surface area contributed by atoms with Crippen LogP contribution in [-0.2, 0) is 6.54 Å². The number of benzene rings is 2. The van der Waals surface area contributed by atoms with Gasteiger partial charge in [0.15, 0.2) is 0 Å². The highest BCUT2D eigenvalue weighted by Gasteiger charge is 2.03. The van der Waals surface area contributed by atoms with Crippen LogP contribution in [0.2, 0.25) is 5.02 Å². The number of hydrogen-bond acceptors (Lipinski definition) is 2. The van der Waals surface area contributed by atoms with Crippen LogP contribution in [0.15, 0.2) is 36.4 Å². The van der Waals surface area contributed by atoms with Gasteiger partial charge in [0.2, 0.25) is 0 Å². The van der Waals surface area contributed by atoms with Gasteiger partial charge in [0.25, 0.3) is 0 Å². The SMILES string of the molecule is Cc1cc(NCc2ccc(C#N)cc2Cl)ccc1F. The second-order valence-corrected chi connectivity index (χ2v) is 4.64. The number of nitriles is 1. The third-order valence-electron chi connectivity index (χ3n) is 2.82. The van der Waals surface area contributed by atoms with E-state index in [1.807, 2.05) is 12.1 Å². The minimum atomic E-state index is -0.220. The van der Waals surface area contributed by atoms with E-state index >= 15 is 0 Å². The van der Waals surface area contributed by atoms with E-state index < -0.39 is 0 Å². The van der Waals surface area contributed by atoms with Crippen molar-refractivity contribution in [3.05, 3.63) is 63.9 Å². The van der Waals surface area contributed by atoms with Crippen molar-refractivity contribution in [1.82, 2.24) is 0 Å². The number of halogens is 2. The molecule has 4 heteroatoms. The monoisotopic (exact) mass is 274 g/mol. The maximum Gasteiger partial charge on any atom is 0.126 e. The molecule has 1 N–H and O–H groups in total. The van der Waals surface area contributed by atoms with Crippen LogP contribution in [0.4, 0.5) is 10.1 Å². The van der Waals surface area contributed by atoms with Gasteiger partial charge < -0.3 is 5.32 Å². The number of nitrogens with zero attached hydrogens (tertiary/aromatic N) is 1. The summed E-state index contributed by atoms with van der Waals surface area (Å²) >= 11 is 6.08. The van der Waals surface area contributed by atoms with Crippen LogP contribution in [0.25, 0.3) is 0 Å². The van der Waals surface area contributed by atoms with Gasteiger partial charge in [-0.3, -0.25) is 0 Å². The Morgan fingerprint density at radius 1 is 1.26 bits per heavy atom. The summed E-state index contributed by atoms with van der Waals surface area (Å²) in [6.45, 7) is 2.24. The smallest absolute Gasteiger partial charge is 0.126 e. The van der Waals surface area contributed by atoms with Crippen molar-refractivity contribution in [2.75, 3.05) is 5.32 Å². The average molecular weight is 275 g/mol. The predicted molar refractivity (Wildman–Crippen MR) is 74.6 cm³/mol. The fraction of sp³-hybridized carbons (Fsp3) is 0.133. The lowest BCUT2D eigenvalue weighted by Crippen LogP contribution is -2.01. The molecule has 19 heavy (non-hydrogen) atoms. The van der Waals surface area contributed by atoms with E-state index in [4.69, 9.17) is 16.9 Å². The van der Waals surface area contributed by atoms with Gasteiger partial charge in [-0.25, -0.2) is 4.39 Å². The Balaban J connectivity index is 2.10. The summed E-state index contributed by atoms with van der Waals surface area (Å²) in [6, 6.07) is 12.1. The Morgan fingerprint density at radius 2 is 2.05 bits per heavy atom. The fourth-order valence-electron chi connectivity index (χ4n) is 1.71. The molecular formula is C15H12ClFN2. The first kappa shape index (κ1) is 13.4. The average Bonchev–Trinajstić information content (AvgIpc) is 2.41. The van der Waals surface area contributed by atoms with Crippen molar-refractivity contribution >= 4 is 17.3 Å². The van der Waals surface area contributed by atoms with Crippen LogP contribution in [-0.4, -0.2) is 0 Å². The zero-order valence-electron chi connectivity index (χ0n) is 10.4. The Hall–Kier alpha value is -2.05. The third kappa shape index (κ3) is 3.24. The van der Waals surface area contributed by atoms with Crippen molar-refractivity contribution in [3.8, 4) is 6.07 Å². The van der Waals surface area contributed by atoms with E-state index in [2.05, 4.69) is 5.32 Å². The lowest BCUT2D eigenvalue weighted by atomic mass is 10.1. The normalized spacial score (nSPS) is 10.0. The summed E-state index contributed by atoms with van der Waals surface area (Å²) in [6.07, 6.45) is 0.